The Morgan fingerprint density at radius 1 is 1.38 bits per heavy atom. The average molecular weight is 221 g/mol. The second-order valence-corrected chi connectivity index (χ2v) is 4.78. The van der Waals surface area contributed by atoms with E-state index in [9.17, 15) is 4.39 Å². The van der Waals surface area contributed by atoms with E-state index < -0.39 is 0 Å². The van der Waals surface area contributed by atoms with Crippen molar-refractivity contribution >= 4 is 0 Å². The number of benzene rings is 1. The van der Waals surface area contributed by atoms with Gasteiger partial charge in [-0.1, -0.05) is 24.1 Å². The van der Waals surface area contributed by atoms with Gasteiger partial charge >= 0.3 is 0 Å². The van der Waals surface area contributed by atoms with Gasteiger partial charge in [0.05, 0.1) is 0 Å². The Balaban J connectivity index is 1.90. The molecule has 0 radical (unpaired) electrons. The van der Waals surface area contributed by atoms with Gasteiger partial charge in [-0.3, -0.25) is 0 Å². The minimum Gasteiger partial charge on any atom is -0.314 e. The molecule has 1 unspecified atom stereocenters. The van der Waals surface area contributed by atoms with Crippen molar-refractivity contribution in [2.45, 2.75) is 45.1 Å². The van der Waals surface area contributed by atoms with Crippen molar-refractivity contribution < 1.29 is 4.39 Å². The lowest BCUT2D eigenvalue weighted by atomic mass is 9.97. The maximum absolute atomic E-state index is 13.5. The molecule has 1 heterocycles. The Hall–Kier alpha value is -0.890. The van der Waals surface area contributed by atoms with Crippen molar-refractivity contribution in [3.8, 4) is 0 Å². The van der Waals surface area contributed by atoms with Crippen molar-refractivity contribution in [3.63, 3.8) is 0 Å². The molecule has 1 nitrogen and oxygen atoms in total. The minimum atomic E-state index is -0.0543. The van der Waals surface area contributed by atoms with Gasteiger partial charge in [-0.2, -0.15) is 0 Å². The SMILES string of the molecule is Cc1ccc(F)c(CCC2CCCCN2)c1. The zero-order chi connectivity index (χ0) is 11.4. The van der Waals surface area contributed by atoms with Gasteiger partial charge in [-0.15, -0.1) is 0 Å². The van der Waals surface area contributed by atoms with Crippen LogP contribution in [0.25, 0.3) is 0 Å². The van der Waals surface area contributed by atoms with Crippen LogP contribution in [-0.4, -0.2) is 12.6 Å². The third-order valence-electron chi connectivity index (χ3n) is 3.38. The summed E-state index contributed by atoms with van der Waals surface area (Å²) in [4.78, 5) is 0. The molecule has 1 aromatic carbocycles. The number of hydrogen-bond acceptors (Lipinski definition) is 1. The summed E-state index contributed by atoms with van der Waals surface area (Å²) in [6.07, 6.45) is 5.75. The van der Waals surface area contributed by atoms with Gasteiger partial charge in [0.1, 0.15) is 5.82 Å². The Labute approximate surface area is 97.1 Å². The molecule has 0 aliphatic carbocycles. The van der Waals surface area contributed by atoms with Gasteiger partial charge in [-0.05, 0) is 50.8 Å². The van der Waals surface area contributed by atoms with E-state index >= 15 is 0 Å². The van der Waals surface area contributed by atoms with Gasteiger partial charge < -0.3 is 5.32 Å². The number of aryl methyl sites for hydroxylation is 2. The molecule has 88 valence electrons. The normalized spacial score (nSPS) is 21.0. The third kappa shape index (κ3) is 3.05. The topological polar surface area (TPSA) is 12.0 Å². The molecule has 1 aliphatic heterocycles. The van der Waals surface area contributed by atoms with Crippen LogP contribution in [0, 0.1) is 12.7 Å². The van der Waals surface area contributed by atoms with Gasteiger partial charge in [0.25, 0.3) is 0 Å². The van der Waals surface area contributed by atoms with Gasteiger partial charge in [-0.25, -0.2) is 4.39 Å². The predicted octanol–water partition coefficient (Wildman–Crippen LogP) is 3.21. The first kappa shape index (κ1) is 11.6. The van der Waals surface area contributed by atoms with Crippen LogP contribution in [0.15, 0.2) is 18.2 Å². The lowest BCUT2D eigenvalue weighted by molar-refractivity contribution is 0.381. The summed E-state index contributed by atoms with van der Waals surface area (Å²) >= 11 is 0. The van der Waals surface area contributed by atoms with E-state index in [0.29, 0.717) is 6.04 Å². The number of halogens is 1. The maximum Gasteiger partial charge on any atom is 0.126 e. The van der Waals surface area contributed by atoms with E-state index in [2.05, 4.69) is 5.32 Å². The quantitative estimate of drug-likeness (QED) is 0.826. The van der Waals surface area contributed by atoms with E-state index in [1.165, 1.54) is 19.3 Å². The zero-order valence-corrected chi connectivity index (χ0v) is 9.93. The molecule has 1 N–H and O–H groups in total. The summed E-state index contributed by atoms with van der Waals surface area (Å²) in [5.41, 5.74) is 2.01. The number of hydrogen-bond donors (Lipinski definition) is 1. The van der Waals surface area contributed by atoms with Crippen LogP contribution in [0.2, 0.25) is 0 Å². The predicted molar refractivity (Wildman–Crippen MR) is 65.1 cm³/mol. The summed E-state index contributed by atoms with van der Waals surface area (Å²) in [6, 6.07) is 5.98. The number of nitrogens with one attached hydrogen (secondary N) is 1. The monoisotopic (exact) mass is 221 g/mol. The summed E-state index contributed by atoms with van der Waals surface area (Å²) < 4.78 is 13.5. The molecule has 16 heavy (non-hydrogen) atoms. The number of piperidine rings is 1. The van der Waals surface area contributed by atoms with Crippen LogP contribution in [0.3, 0.4) is 0 Å². The second-order valence-electron chi connectivity index (χ2n) is 4.78. The highest BCUT2D eigenvalue weighted by Gasteiger charge is 2.13. The first-order valence-electron chi connectivity index (χ1n) is 6.24. The average Bonchev–Trinajstić information content (AvgIpc) is 2.32. The van der Waals surface area contributed by atoms with Crippen LogP contribution in [0.4, 0.5) is 4.39 Å². The molecule has 2 heteroatoms. The summed E-state index contributed by atoms with van der Waals surface area (Å²) in [5, 5.41) is 3.50. The van der Waals surface area contributed by atoms with Crippen molar-refractivity contribution in [3.05, 3.63) is 35.1 Å². The van der Waals surface area contributed by atoms with E-state index in [4.69, 9.17) is 0 Å². The van der Waals surface area contributed by atoms with Gasteiger partial charge in [0, 0.05) is 6.04 Å². The first-order chi connectivity index (χ1) is 7.75. The maximum atomic E-state index is 13.5. The highest BCUT2D eigenvalue weighted by molar-refractivity contribution is 5.24. The van der Waals surface area contributed by atoms with Crippen LogP contribution in [0.5, 0.6) is 0 Å². The van der Waals surface area contributed by atoms with Gasteiger partial charge in [0.2, 0.25) is 0 Å². The molecular formula is C14H20FN. The summed E-state index contributed by atoms with van der Waals surface area (Å²) in [5.74, 6) is -0.0543. The Kier molecular flexibility index (Phi) is 3.94. The molecule has 0 saturated carbocycles. The fraction of sp³-hybridized carbons (Fsp3) is 0.571. The van der Waals surface area contributed by atoms with Crippen molar-refractivity contribution in [2.24, 2.45) is 0 Å². The van der Waals surface area contributed by atoms with Crippen LogP contribution in [0.1, 0.15) is 36.8 Å². The zero-order valence-electron chi connectivity index (χ0n) is 9.93. The Bertz CT molecular complexity index is 343. The minimum absolute atomic E-state index is 0.0543. The summed E-state index contributed by atoms with van der Waals surface area (Å²) in [6.45, 7) is 3.14. The molecular weight excluding hydrogens is 201 g/mol. The van der Waals surface area contributed by atoms with E-state index in [0.717, 1.165) is 30.5 Å². The van der Waals surface area contributed by atoms with Crippen molar-refractivity contribution in [2.75, 3.05) is 6.54 Å². The third-order valence-corrected chi connectivity index (χ3v) is 3.38. The molecule has 2 rings (SSSR count). The van der Waals surface area contributed by atoms with Crippen molar-refractivity contribution in [1.82, 2.24) is 5.32 Å². The number of rotatable bonds is 3. The highest BCUT2D eigenvalue weighted by Crippen LogP contribution is 2.16. The fourth-order valence-corrected chi connectivity index (χ4v) is 2.40. The standard InChI is InChI=1S/C14H20FN/c1-11-5-8-14(15)12(10-11)6-7-13-4-2-3-9-16-13/h5,8,10,13,16H,2-4,6-7,9H2,1H3. The van der Waals surface area contributed by atoms with Gasteiger partial charge in [0.15, 0.2) is 0 Å². The lowest BCUT2D eigenvalue weighted by Gasteiger charge is -2.23. The Morgan fingerprint density at radius 3 is 3.00 bits per heavy atom. The van der Waals surface area contributed by atoms with Crippen LogP contribution >= 0.6 is 0 Å². The lowest BCUT2D eigenvalue weighted by Crippen LogP contribution is -2.34. The molecule has 0 bridgehead atoms. The second kappa shape index (κ2) is 5.44. The van der Waals surface area contributed by atoms with E-state index in [1.807, 2.05) is 19.1 Å². The van der Waals surface area contributed by atoms with Crippen molar-refractivity contribution in [1.29, 1.82) is 0 Å². The molecule has 1 aliphatic rings. The highest BCUT2D eigenvalue weighted by atomic mass is 19.1. The molecule has 1 fully saturated rings. The molecule has 0 aromatic heterocycles. The summed E-state index contributed by atoms with van der Waals surface area (Å²) in [7, 11) is 0. The Morgan fingerprint density at radius 2 is 2.25 bits per heavy atom. The first-order valence-corrected chi connectivity index (χ1v) is 6.24. The molecule has 1 saturated heterocycles. The fourth-order valence-electron chi connectivity index (χ4n) is 2.40. The molecule has 0 amide bonds. The largest absolute Gasteiger partial charge is 0.314 e. The molecule has 1 atom stereocenters. The van der Waals surface area contributed by atoms with Crippen LogP contribution < -0.4 is 5.32 Å². The van der Waals surface area contributed by atoms with Crippen LogP contribution in [-0.2, 0) is 6.42 Å². The molecule has 1 aromatic rings. The smallest absolute Gasteiger partial charge is 0.126 e. The molecule has 0 spiro atoms. The van der Waals surface area contributed by atoms with E-state index in [-0.39, 0.29) is 5.82 Å². The van der Waals surface area contributed by atoms with E-state index in [1.54, 1.807) is 6.07 Å².